The second kappa shape index (κ2) is 7.81. The first-order valence-corrected chi connectivity index (χ1v) is 8.91. The molecule has 0 aliphatic carbocycles. The van der Waals surface area contributed by atoms with Gasteiger partial charge in [0.2, 0.25) is 0 Å². The van der Waals surface area contributed by atoms with Crippen LogP contribution in [-0.4, -0.2) is 67.5 Å². The van der Waals surface area contributed by atoms with Crippen molar-refractivity contribution in [1.29, 1.82) is 0 Å². The van der Waals surface area contributed by atoms with Gasteiger partial charge >= 0.3 is 12.1 Å². The Morgan fingerprint density at radius 2 is 1.84 bits per heavy atom. The highest BCUT2D eigenvalue weighted by atomic mass is 32.2. The van der Waals surface area contributed by atoms with Crippen LogP contribution in [-0.2, 0) is 23.8 Å². The molecule has 0 spiro atoms. The molecule has 1 aromatic rings. The van der Waals surface area contributed by atoms with E-state index in [-0.39, 0.29) is 31.1 Å². The Kier molecular flexibility index (Phi) is 5.98. The van der Waals surface area contributed by atoms with E-state index in [2.05, 4.69) is 0 Å². The minimum Gasteiger partial charge on any atom is -0.480 e. The van der Waals surface area contributed by atoms with Crippen LogP contribution in [0.2, 0.25) is 0 Å². The highest BCUT2D eigenvalue weighted by Gasteiger charge is 2.40. The third kappa shape index (κ3) is 4.91. The van der Waals surface area contributed by atoms with Crippen molar-refractivity contribution in [3.05, 3.63) is 29.8 Å². The Labute approximate surface area is 144 Å². The lowest BCUT2D eigenvalue weighted by atomic mass is 10.2. The third-order valence-corrected chi connectivity index (χ3v) is 5.10. The molecular weight excluding hydrogens is 354 g/mol. The third-order valence-electron chi connectivity index (χ3n) is 3.78. The molecule has 1 fully saturated rings. The topological polar surface area (TPSA) is 130 Å². The van der Waals surface area contributed by atoms with E-state index in [9.17, 15) is 18.0 Å². The number of ether oxygens (including phenoxy) is 1. The fraction of sp³-hybridized carbons (Fsp3) is 0.467. The van der Waals surface area contributed by atoms with Gasteiger partial charge in [0.05, 0.1) is 30.8 Å². The van der Waals surface area contributed by atoms with Gasteiger partial charge in [-0.05, 0) is 19.1 Å². The molecule has 1 aliphatic rings. The van der Waals surface area contributed by atoms with E-state index in [0.29, 0.717) is 0 Å². The average Bonchev–Trinajstić information content (AvgIpc) is 2.97. The van der Waals surface area contributed by atoms with Crippen LogP contribution in [0.1, 0.15) is 12.0 Å². The lowest BCUT2D eigenvalue weighted by Crippen LogP contribution is -2.39. The highest BCUT2D eigenvalue weighted by Crippen LogP contribution is 2.21. The first-order valence-electron chi connectivity index (χ1n) is 7.51. The second-order valence-electron chi connectivity index (χ2n) is 5.61. The predicted octanol–water partition coefficient (Wildman–Crippen LogP) is 0.922. The highest BCUT2D eigenvalue weighted by molar-refractivity contribution is 7.86. The number of carboxylic acid groups (broad SMARTS) is 2. The van der Waals surface area contributed by atoms with Crippen LogP contribution in [0.3, 0.4) is 0 Å². The molecule has 0 radical (unpaired) electrons. The second-order valence-corrected chi connectivity index (χ2v) is 7.22. The molecule has 1 aliphatic heterocycles. The van der Waals surface area contributed by atoms with Crippen LogP contribution in [0.4, 0.5) is 4.79 Å². The van der Waals surface area contributed by atoms with Gasteiger partial charge < -0.3 is 14.9 Å². The summed E-state index contributed by atoms with van der Waals surface area (Å²) in [4.78, 5) is 22.9. The molecule has 1 saturated heterocycles. The molecule has 0 bridgehead atoms. The molecular formula is C15H19NO8S. The van der Waals surface area contributed by atoms with E-state index in [1.165, 1.54) is 12.1 Å². The molecule has 1 heterocycles. The molecule has 2 rings (SSSR count). The van der Waals surface area contributed by atoms with Crippen LogP contribution in [0, 0.1) is 6.92 Å². The van der Waals surface area contributed by atoms with Crippen molar-refractivity contribution in [2.45, 2.75) is 30.4 Å². The maximum atomic E-state index is 12.0. The minimum absolute atomic E-state index is 0.00630. The van der Waals surface area contributed by atoms with Gasteiger partial charge in [-0.25, -0.2) is 9.59 Å². The van der Waals surface area contributed by atoms with Crippen LogP contribution in [0.5, 0.6) is 0 Å². The fourth-order valence-corrected chi connectivity index (χ4v) is 3.39. The lowest BCUT2D eigenvalue weighted by molar-refractivity contribution is -0.141. The van der Waals surface area contributed by atoms with E-state index in [1.54, 1.807) is 12.1 Å². The summed E-state index contributed by atoms with van der Waals surface area (Å²) >= 11 is 0. The molecule has 1 aromatic carbocycles. The maximum Gasteiger partial charge on any atom is 0.408 e. The van der Waals surface area contributed by atoms with E-state index < -0.39 is 34.3 Å². The monoisotopic (exact) mass is 373 g/mol. The smallest absolute Gasteiger partial charge is 0.408 e. The first-order chi connectivity index (χ1) is 11.7. The van der Waals surface area contributed by atoms with Crippen LogP contribution < -0.4 is 0 Å². The Hall–Kier alpha value is -2.17. The van der Waals surface area contributed by atoms with E-state index in [4.69, 9.17) is 19.1 Å². The van der Waals surface area contributed by atoms with E-state index in [1.807, 2.05) is 6.92 Å². The predicted molar refractivity (Wildman–Crippen MR) is 84.8 cm³/mol. The van der Waals surface area contributed by atoms with Gasteiger partial charge in [-0.2, -0.15) is 8.42 Å². The Balaban J connectivity index is 1.82. The Morgan fingerprint density at radius 1 is 1.20 bits per heavy atom. The van der Waals surface area contributed by atoms with Gasteiger partial charge in [-0.3, -0.25) is 9.08 Å². The van der Waals surface area contributed by atoms with Crippen molar-refractivity contribution >= 4 is 22.2 Å². The molecule has 2 N–H and O–H groups in total. The first kappa shape index (κ1) is 19.2. The van der Waals surface area contributed by atoms with Crippen LogP contribution in [0.15, 0.2) is 29.2 Å². The number of aryl methyl sites for hydroxylation is 1. The summed E-state index contributed by atoms with van der Waals surface area (Å²) in [5.41, 5.74) is 0.916. The molecule has 2 unspecified atom stereocenters. The largest absolute Gasteiger partial charge is 0.480 e. The summed E-state index contributed by atoms with van der Waals surface area (Å²) in [5.74, 6) is -1.24. The minimum atomic E-state index is -3.90. The zero-order chi connectivity index (χ0) is 18.6. The molecule has 2 atom stereocenters. The van der Waals surface area contributed by atoms with E-state index in [0.717, 1.165) is 10.5 Å². The number of benzene rings is 1. The standard InChI is InChI=1S/C15H19NO8S/c1-10-2-4-12(5-3-10)25(21,22)24-7-6-23-11-8-13(14(17)18)16(9-11)15(19)20/h2-5,11,13H,6-9H2,1H3,(H,17,18)(H,19,20). The molecule has 0 saturated carbocycles. The van der Waals surface area contributed by atoms with Gasteiger partial charge in [-0.1, -0.05) is 17.7 Å². The Morgan fingerprint density at radius 3 is 2.36 bits per heavy atom. The van der Waals surface area contributed by atoms with Gasteiger partial charge in [0.15, 0.2) is 0 Å². The molecule has 138 valence electrons. The van der Waals surface area contributed by atoms with Crippen LogP contribution in [0.25, 0.3) is 0 Å². The number of aliphatic carboxylic acids is 1. The summed E-state index contributed by atoms with van der Waals surface area (Å²) in [5, 5.41) is 18.0. The number of rotatable bonds is 7. The SMILES string of the molecule is Cc1ccc(S(=O)(=O)OCCOC2CC(C(=O)O)N(C(=O)O)C2)cc1. The summed E-state index contributed by atoms with van der Waals surface area (Å²) in [6.45, 7) is 1.39. The maximum absolute atomic E-state index is 12.0. The molecule has 25 heavy (non-hydrogen) atoms. The van der Waals surface area contributed by atoms with Crippen molar-refractivity contribution < 1.29 is 37.1 Å². The quantitative estimate of drug-likeness (QED) is 0.533. The van der Waals surface area contributed by atoms with Gasteiger partial charge in [0.25, 0.3) is 10.1 Å². The zero-order valence-corrected chi connectivity index (χ0v) is 14.3. The fourth-order valence-electron chi connectivity index (χ4n) is 2.50. The number of hydrogen-bond donors (Lipinski definition) is 2. The summed E-state index contributed by atoms with van der Waals surface area (Å²) in [6, 6.07) is 5.00. The summed E-state index contributed by atoms with van der Waals surface area (Å²) in [6.07, 6.45) is -1.95. The normalized spacial score (nSPS) is 20.6. The van der Waals surface area contributed by atoms with Gasteiger partial charge in [-0.15, -0.1) is 0 Å². The van der Waals surface area contributed by atoms with Crippen molar-refractivity contribution in [3.8, 4) is 0 Å². The average molecular weight is 373 g/mol. The number of carboxylic acids is 1. The number of likely N-dealkylation sites (tertiary alicyclic amines) is 1. The van der Waals surface area contributed by atoms with Crippen molar-refractivity contribution in [1.82, 2.24) is 4.90 Å². The lowest BCUT2D eigenvalue weighted by Gasteiger charge is -2.16. The van der Waals surface area contributed by atoms with Crippen molar-refractivity contribution in [2.75, 3.05) is 19.8 Å². The van der Waals surface area contributed by atoms with Crippen molar-refractivity contribution in [2.24, 2.45) is 0 Å². The Bertz CT molecular complexity index is 708. The van der Waals surface area contributed by atoms with Gasteiger partial charge in [0, 0.05) is 6.42 Å². The summed E-state index contributed by atoms with van der Waals surface area (Å²) < 4.78 is 34.2. The zero-order valence-electron chi connectivity index (χ0n) is 13.5. The molecule has 9 nitrogen and oxygen atoms in total. The molecule has 1 amide bonds. The number of amides is 1. The molecule has 10 heteroatoms. The van der Waals surface area contributed by atoms with Crippen LogP contribution >= 0.6 is 0 Å². The molecule has 0 aromatic heterocycles. The number of hydrogen-bond acceptors (Lipinski definition) is 6. The van der Waals surface area contributed by atoms with Crippen molar-refractivity contribution in [3.63, 3.8) is 0 Å². The van der Waals surface area contributed by atoms with Gasteiger partial charge in [0.1, 0.15) is 6.04 Å². The number of nitrogens with zero attached hydrogens (tertiary/aromatic N) is 1. The number of carbonyl (C=O) groups is 2. The van der Waals surface area contributed by atoms with E-state index >= 15 is 0 Å². The summed E-state index contributed by atoms with van der Waals surface area (Å²) in [7, 11) is -3.90.